The van der Waals surface area contributed by atoms with E-state index in [2.05, 4.69) is 34.4 Å². The quantitative estimate of drug-likeness (QED) is 0.420. The van der Waals surface area contributed by atoms with E-state index >= 15 is 0 Å². The molecule has 1 heterocycles. The van der Waals surface area contributed by atoms with Crippen molar-refractivity contribution < 1.29 is 4.92 Å². The van der Waals surface area contributed by atoms with Crippen LogP contribution in [-0.4, -0.2) is 24.9 Å². The summed E-state index contributed by atoms with van der Waals surface area (Å²) in [7, 11) is 0. The number of nitrogens with two attached hydrogens (primary N) is 2. The standard InChI is InChI=1S/C6H5N5O2S2/c7-4(14)2-1-3(5(8)15)10-6(9-2)11(12)13/h1H,(H2,7,14)(H2,8,15). The molecule has 0 radical (unpaired) electrons. The van der Waals surface area contributed by atoms with Crippen molar-refractivity contribution >= 4 is 40.4 Å². The predicted octanol–water partition coefficient (Wildman–Crippen LogP) is -0.347. The van der Waals surface area contributed by atoms with Crippen molar-refractivity contribution in [1.82, 2.24) is 9.97 Å². The SMILES string of the molecule is NC(=S)c1cc(C(N)=S)nc([N+](=O)[O-])n1. The Bertz CT molecular complexity index is 382. The summed E-state index contributed by atoms with van der Waals surface area (Å²) in [6.45, 7) is 0. The third kappa shape index (κ3) is 2.60. The fraction of sp³-hybridized carbons (Fsp3) is 0. The summed E-state index contributed by atoms with van der Waals surface area (Å²) in [5, 5.41) is 10.5. The second-order valence-corrected chi connectivity index (χ2v) is 3.30. The molecule has 1 aromatic rings. The number of hydrogen-bond acceptors (Lipinski definition) is 6. The Morgan fingerprint density at radius 2 is 1.67 bits per heavy atom. The van der Waals surface area contributed by atoms with Gasteiger partial charge in [-0.15, -0.1) is 0 Å². The lowest BCUT2D eigenvalue weighted by molar-refractivity contribution is -0.394. The third-order valence-corrected chi connectivity index (χ3v) is 1.80. The van der Waals surface area contributed by atoms with Gasteiger partial charge in [-0.3, -0.25) is 0 Å². The number of thiocarbonyl (C=S) groups is 2. The maximum Gasteiger partial charge on any atom is 0.470 e. The molecule has 7 nitrogen and oxygen atoms in total. The Balaban J connectivity index is 3.39. The number of aromatic nitrogens is 2. The minimum Gasteiger partial charge on any atom is -0.390 e. The van der Waals surface area contributed by atoms with Gasteiger partial charge < -0.3 is 21.6 Å². The summed E-state index contributed by atoms with van der Waals surface area (Å²) < 4.78 is 0. The molecule has 1 aromatic heterocycles. The second-order valence-electron chi connectivity index (χ2n) is 2.42. The Morgan fingerprint density at radius 3 is 1.93 bits per heavy atom. The van der Waals surface area contributed by atoms with Gasteiger partial charge in [0.05, 0.1) is 0 Å². The average Bonchev–Trinajstić information content (AvgIpc) is 2.16. The highest BCUT2D eigenvalue weighted by molar-refractivity contribution is 7.81. The first-order chi connectivity index (χ1) is 6.91. The Hall–Kier alpha value is -1.74. The molecule has 9 heteroatoms. The van der Waals surface area contributed by atoms with Gasteiger partial charge >= 0.3 is 5.95 Å². The van der Waals surface area contributed by atoms with Crippen LogP contribution in [0.4, 0.5) is 5.95 Å². The van der Waals surface area contributed by atoms with E-state index in [0.717, 1.165) is 0 Å². The van der Waals surface area contributed by atoms with Crippen LogP contribution in [0.5, 0.6) is 0 Å². The lowest BCUT2D eigenvalue weighted by atomic mass is 10.3. The van der Waals surface area contributed by atoms with Crippen LogP contribution in [0, 0.1) is 10.1 Å². The molecule has 0 bridgehead atoms. The zero-order valence-electron chi connectivity index (χ0n) is 7.21. The van der Waals surface area contributed by atoms with Crippen molar-refractivity contribution in [2.24, 2.45) is 11.5 Å². The molecule has 0 atom stereocenters. The first-order valence-corrected chi connectivity index (χ1v) is 4.36. The van der Waals surface area contributed by atoms with Gasteiger partial charge in [-0.2, -0.15) is 0 Å². The molecule has 0 aliphatic heterocycles. The maximum atomic E-state index is 10.5. The normalized spacial score (nSPS) is 9.60. The molecule has 0 saturated heterocycles. The van der Waals surface area contributed by atoms with Gasteiger partial charge in [0.1, 0.15) is 9.98 Å². The number of nitrogens with zero attached hydrogens (tertiary/aromatic N) is 3. The van der Waals surface area contributed by atoms with Crippen LogP contribution in [0.1, 0.15) is 11.4 Å². The zero-order valence-corrected chi connectivity index (χ0v) is 8.84. The lowest BCUT2D eigenvalue weighted by Crippen LogP contribution is -2.18. The number of rotatable bonds is 3. The van der Waals surface area contributed by atoms with E-state index in [0.29, 0.717) is 0 Å². The van der Waals surface area contributed by atoms with Crippen LogP contribution < -0.4 is 11.5 Å². The highest BCUT2D eigenvalue weighted by Crippen LogP contribution is 2.07. The first-order valence-electron chi connectivity index (χ1n) is 3.55. The molecule has 0 unspecified atom stereocenters. The molecule has 78 valence electrons. The molecule has 0 aliphatic carbocycles. The molecule has 1 rings (SSSR count). The molecule has 15 heavy (non-hydrogen) atoms. The molecular formula is C6H5N5O2S2. The number of nitro groups is 1. The average molecular weight is 243 g/mol. The Kier molecular flexibility index (Phi) is 3.17. The molecule has 0 aliphatic rings. The van der Waals surface area contributed by atoms with E-state index in [1.54, 1.807) is 0 Å². The van der Waals surface area contributed by atoms with Gasteiger partial charge in [0.2, 0.25) is 0 Å². The van der Waals surface area contributed by atoms with E-state index in [9.17, 15) is 10.1 Å². The van der Waals surface area contributed by atoms with E-state index in [4.69, 9.17) is 11.5 Å². The van der Waals surface area contributed by atoms with Crippen molar-refractivity contribution in [3.8, 4) is 0 Å². The molecule has 0 amide bonds. The summed E-state index contributed by atoms with van der Waals surface area (Å²) in [4.78, 5) is 16.6. The van der Waals surface area contributed by atoms with Gasteiger partial charge in [0, 0.05) is 6.07 Å². The van der Waals surface area contributed by atoms with Gasteiger partial charge in [-0.25, -0.2) is 0 Å². The van der Waals surface area contributed by atoms with E-state index in [1.807, 2.05) is 0 Å². The fourth-order valence-corrected chi connectivity index (χ4v) is 0.978. The summed E-state index contributed by atoms with van der Waals surface area (Å²) in [6, 6.07) is 1.30. The molecule has 0 spiro atoms. The minimum atomic E-state index is -0.774. The second kappa shape index (κ2) is 4.19. The van der Waals surface area contributed by atoms with Crippen molar-refractivity contribution in [2.45, 2.75) is 0 Å². The van der Waals surface area contributed by atoms with E-state index in [-0.39, 0.29) is 21.4 Å². The van der Waals surface area contributed by atoms with E-state index in [1.165, 1.54) is 6.07 Å². The maximum absolute atomic E-state index is 10.5. The van der Waals surface area contributed by atoms with Crippen molar-refractivity contribution in [3.05, 3.63) is 27.6 Å². The van der Waals surface area contributed by atoms with Crippen LogP contribution in [0.15, 0.2) is 6.07 Å². The van der Waals surface area contributed by atoms with Gasteiger partial charge in [0.15, 0.2) is 11.4 Å². The molecule has 0 aromatic carbocycles. The molecule has 0 saturated carbocycles. The fourth-order valence-electron chi connectivity index (χ4n) is 0.769. The van der Waals surface area contributed by atoms with Crippen LogP contribution in [0.2, 0.25) is 0 Å². The lowest BCUT2D eigenvalue weighted by Gasteiger charge is -1.98. The summed E-state index contributed by atoms with van der Waals surface area (Å²) in [6.07, 6.45) is 0. The highest BCUT2D eigenvalue weighted by Gasteiger charge is 2.18. The zero-order chi connectivity index (χ0) is 11.6. The van der Waals surface area contributed by atoms with Crippen LogP contribution >= 0.6 is 24.4 Å². The van der Waals surface area contributed by atoms with Gasteiger partial charge in [0.25, 0.3) is 0 Å². The molecule has 4 N–H and O–H groups in total. The third-order valence-electron chi connectivity index (χ3n) is 1.38. The Morgan fingerprint density at radius 1 is 1.27 bits per heavy atom. The summed E-state index contributed by atoms with van der Waals surface area (Å²) in [5.41, 5.74) is 10.7. The van der Waals surface area contributed by atoms with Crippen LogP contribution in [0.3, 0.4) is 0 Å². The highest BCUT2D eigenvalue weighted by atomic mass is 32.1. The summed E-state index contributed by atoms with van der Waals surface area (Å²) >= 11 is 9.27. The van der Waals surface area contributed by atoms with Gasteiger partial charge in [-0.05, 0) is 4.92 Å². The minimum absolute atomic E-state index is 0.0644. The van der Waals surface area contributed by atoms with Crippen LogP contribution in [0.25, 0.3) is 0 Å². The Labute approximate surface area is 94.7 Å². The first kappa shape index (κ1) is 11.3. The van der Waals surface area contributed by atoms with Crippen LogP contribution in [-0.2, 0) is 0 Å². The topological polar surface area (TPSA) is 121 Å². The van der Waals surface area contributed by atoms with Crippen molar-refractivity contribution in [1.29, 1.82) is 0 Å². The van der Waals surface area contributed by atoms with Crippen molar-refractivity contribution in [3.63, 3.8) is 0 Å². The largest absolute Gasteiger partial charge is 0.470 e. The number of hydrogen-bond donors (Lipinski definition) is 2. The van der Waals surface area contributed by atoms with Gasteiger partial charge in [-0.1, -0.05) is 34.4 Å². The molecular weight excluding hydrogens is 238 g/mol. The van der Waals surface area contributed by atoms with Crippen molar-refractivity contribution in [2.75, 3.05) is 0 Å². The van der Waals surface area contributed by atoms with E-state index < -0.39 is 10.9 Å². The predicted molar refractivity (Wildman–Crippen MR) is 60.5 cm³/mol. The monoisotopic (exact) mass is 243 g/mol. The summed E-state index contributed by atoms with van der Waals surface area (Å²) in [5.74, 6) is -0.636. The smallest absolute Gasteiger partial charge is 0.390 e. The molecule has 0 fully saturated rings.